The highest BCUT2D eigenvalue weighted by Gasteiger charge is 2.34. The summed E-state index contributed by atoms with van der Waals surface area (Å²) in [6, 6.07) is 12.2. The molecule has 156 valence electrons. The number of carbonyl (C=O) groups is 1. The van der Waals surface area contributed by atoms with Crippen molar-refractivity contribution in [2.75, 3.05) is 17.9 Å². The molecule has 0 unspecified atom stereocenters. The van der Waals surface area contributed by atoms with Gasteiger partial charge in [-0.1, -0.05) is 48.7 Å². The number of hydrogen-bond acceptors (Lipinski definition) is 4. The molecule has 29 heavy (non-hydrogen) atoms. The number of rotatable bonds is 8. The molecule has 0 saturated heterocycles. The molecule has 1 aliphatic heterocycles. The SMILES string of the molecule is CN1c2ccccc2[C@H](NCCCCCCC(=O)O)c2ccc(Cl)cc2S1(=O)=O. The van der Waals surface area contributed by atoms with Crippen LogP contribution < -0.4 is 9.62 Å². The lowest BCUT2D eigenvalue weighted by atomic mass is 9.96. The Morgan fingerprint density at radius 3 is 2.59 bits per heavy atom. The van der Waals surface area contributed by atoms with Crippen LogP contribution in [0.2, 0.25) is 5.02 Å². The Labute approximate surface area is 176 Å². The van der Waals surface area contributed by atoms with Gasteiger partial charge >= 0.3 is 5.97 Å². The van der Waals surface area contributed by atoms with Crippen LogP contribution in [0.1, 0.15) is 49.3 Å². The van der Waals surface area contributed by atoms with Crippen molar-refractivity contribution in [3.05, 3.63) is 58.6 Å². The maximum absolute atomic E-state index is 13.2. The second kappa shape index (κ2) is 9.15. The molecule has 0 saturated carbocycles. The molecule has 0 radical (unpaired) electrons. The average Bonchev–Trinajstić information content (AvgIpc) is 2.75. The third-order valence-electron chi connectivity index (χ3n) is 5.18. The molecule has 2 N–H and O–H groups in total. The number of sulfonamides is 1. The number of anilines is 1. The first-order valence-corrected chi connectivity index (χ1v) is 11.5. The van der Waals surface area contributed by atoms with Crippen molar-refractivity contribution in [3.8, 4) is 0 Å². The number of carboxylic acid groups (broad SMARTS) is 1. The molecule has 2 aromatic rings. The van der Waals surface area contributed by atoms with Gasteiger partial charge in [0.05, 0.1) is 16.6 Å². The van der Waals surface area contributed by atoms with Gasteiger partial charge in [0.25, 0.3) is 10.0 Å². The minimum Gasteiger partial charge on any atom is -0.481 e. The van der Waals surface area contributed by atoms with Crippen LogP contribution in [0.15, 0.2) is 47.4 Å². The standard InChI is InChI=1S/C21H25ClN2O4S/c1-24-18-9-6-5-8-16(18)21(23-13-7-3-2-4-10-20(25)26)17-12-11-15(22)14-19(17)29(24,27)28/h5-6,8-9,11-12,14,21,23H,2-4,7,10,13H2,1H3,(H,25,26)/t21-/m0/s1. The van der Waals surface area contributed by atoms with Gasteiger partial charge in [0, 0.05) is 18.5 Å². The predicted molar refractivity (Wildman–Crippen MR) is 114 cm³/mol. The molecule has 6 nitrogen and oxygen atoms in total. The Bertz CT molecular complexity index is 994. The number of nitrogens with zero attached hydrogens (tertiary/aromatic N) is 1. The summed E-state index contributed by atoms with van der Waals surface area (Å²) in [4.78, 5) is 10.8. The van der Waals surface area contributed by atoms with Crippen LogP contribution in [0.25, 0.3) is 0 Å². The van der Waals surface area contributed by atoms with Crippen molar-refractivity contribution in [2.24, 2.45) is 0 Å². The molecule has 2 aromatic carbocycles. The predicted octanol–water partition coefficient (Wildman–Crippen LogP) is 4.19. The Morgan fingerprint density at radius 2 is 1.83 bits per heavy atom. The first kappa shape index (κ1) is 21.6. The fraction of sp³-hybridized carbons (Fsp3) is 0.381. The topological polar surface area (TPSA) is 86.7 Å². The number of hydrogen-bond donors (Lipinski definition) is 2. The highest BCUT2D eigenvalue weighted by Crippen LogP contribution is 2.40. The Morgan fingerprint density at radius 1 is 1.10 bits per heavy atom. The molecule has 0 amide bonds. The van der Waals surface area contributed by atoms with Gasteiger partial charge in [-0.2, -0.15) is 0 Å². The summed E-state index contributed by atoms with van der Waals surface area (Å²) < 4.78 is 27.7. The maximum atomic E-state index is 13.2. The van der Waals surface area contributed by atoms with Crippen LogP contribution in [0.3, 0.4) is 0 Å². The van der Waals surface area contributed by atoms with Crippen molar-refractivity contribution < 1.29 is 18.3 Å². The zero-order chi connectivity index (χ0) is 21.0. The molecular formula is C21H25ClN2O4S. The van der Waals surface area contributed by atoms with E-state index in [0.717, 1.165) is 24.8 Å². The van der Waals surface area contributed by atoms with E-state index in [9.17, 15) is 13.2 Å². The minimum absolute atomic E-state index is 0.196. The molecule has 1 atom stereocenters. The van der Waals surface area contributed by atoms with E-state index < -0.39 is 16.0 Å². The van der Waals surface area contributed by atoms with E-state index in [-0.39, 0.29) is 17.4 Å². The summed E-state index contributed by atoms with van der Waals surface area (Å²) in [5.41, 5.74) is 2.21. The van der Waals surface area contributed by atoms with Crippen LogP contribution in [0, 0.1) is 0 Å². The summed E-state index contributed by atoms with van der Waals surface area (Å²) in [7, 11) is -2.16. The van der Waals surface area contributed by atoms with Gasteiger partial charge < -0.3 is 10.4 Å². The van der Waals surface area contributed by atoms with Gasteiger partial charge in [-0.3, -0.25) is 9.10 Å². The normalized spacial score (nSPS) is 17.3. The van der Waals surface area contributed by atoms with Crippen LogP contribution in [-0.4, -0.2) is 33.1 Å². The summed E-state index contributed by atoms with van der Waals surface area (Å²) in [6.07, 6.45) is 3.52. The molecular weight excluding hydrogens is 412 g/mol. The van der Waals surface area contributed by atoms with Crippen LogP contribution >= 0.6 is 11.6 Å². The van der Waals surface area contributed by atoms with Crippen molar-refractivity contribution in [1.82, 2.24) is 5.32 Å². The van der Waals surface area contributed by atoms with E-state index in [2.05, 4.69) is 5.32 Å². The second-order valence-electron chi connectivity index (χ2n) is 7.16. The Kier molecular flexibility index (Phi) is 6.82. The first-order valence-electron chi connectivity index (χ1n) is 9.65. The number of halogens is 1. The summed E-state index contributed by atoms with van der Waals surface area (Å²) in [5, 5.41) is 12.6. The van der Waals surface area contributed by atoms with E-state index in [0.29, 0.717) is 29.2 Å². The summed E-state index contributed by atoms with van der Waals surface area (Å²) >= 11 is 6.12. The fourth-order valence-corrected chi connectivity index (χ4v) is 5.37. The monoisotopic (exact) mass is 436 g/mol. The zero-order valence-electron chi connectivity index (χ0n) is 16.3. The highest BCUT2D eigenvalue weighted by molar-refractivity contribution is 7.92. The molecule has 0 aliphatic carbocycles. The number of nitrogens with one attached hydrogen (secondary N) is 1. The maximum Gasteiger partial charge on any atom is 0.303 e. The smallest absolute Gasteiger partial charge is 0.303 e. The number of benzene rings is 2. The van der Waals surface area contributed by atoms with E-state index in [1.807, 2.05) is 18.2 Å². The number of unbranched alkanes of at least 4 members (excludes halogenated alkanes) is 3. The average molecular weight is 437 g/mol. The number of fused-ring (bicyclic) bond motifs is 2. The van der Waals surface area contributed by atoms with Crippen LogP contribution in [0.5, 0.6) is 0 Å². The Balaban J connectivity index is 1.85. The lowest BCUT2D eigenvalue weighted by Gasteiger charge is -2.22. The quantitative estimate of drug-likeness (QED) is 0.606. The van der Waals surface area contributed by atoms with Gasteiger partial charge in [-0.05, 0) is 48.7 Å². The van der Waals surface area contributed by atoms with Crippen LogP contribution in [0.4, 0.5) is 5.69 Å². The van der Waals surface area contributed by atoms with E-state index in [4.69, 9.17) is 16.7 Å². The molecule has 8 heteroatoms. The number of aliphatic carboxylic acids is 1. The van der Waals surface area contributed by atoms with Crippen LogP contribution in [-0.2, 0) is 14.8 Å². The number of carboxylic acids is 1. The third-order valence-corrected chi connectivity index (χ3v) is 7.24. The van der Waals surface area contributed by atoms with Crippen molar-refractivity contribution in [3.63, 3.8) is 0 Å². The lowest BCUT2D eigenvalue weighted by Crippen LogP contribution is -2.26. The molecule has 0 fully saturated rings. The van der Waals surface area contributed by atoms with Gasteiger partial charge in [0.15, 0.2) is 0 Å². The molecule has 0 aromatic heterocycles. The highest BCUT2D eigenvalue weighted by atomic mass is 35.5. The minimum atomic E-state index is -3.72. The van der Waals surface area contributed by atoms with Gasteiger partial charge in [0.2, 0.25) is 0 Å². The molecule has 1 heterocycles. The van der Waals surface area contributed by atoms with E-state index in [1.54, 1.807) is 25.2 Å². The molecule has 0 bridgehead atoms. The van der Waals surface area contributed by atoms with Gasteiger partial charge in [-0.15, -0.1) is 0 Å². The fourth-order valence-electron chi connectivity index (χ4n) is 3.65. The van der Waals surface area contributed by atoms with E-state index in [1.165, 1.54) is 10.4 Å². The van der Waals surface area contributed by atoms with Crippen molar-refractivity contribution in [1.29, 1.82) is 0 Å². The van der Waals surface area contributed by atoms with Crippen molar-refractivity contribution >= 4 is 33.3 Å². The second-order valence-corrected chi connectivity index (χ2v) is 9.53. The largest absolute Gasteiger partial charge is 0.481 e. The van der Waals surface area contributed by atoms with E-state index >= 15 is 0 Å². The zero-order valence-corrected chi connectivity index (χ0v) is 17.8. The molecule has 1 aliphatic rings. The summed E-state index contributed by atoms with van der Waals surface area (Å²) in [6.45, 7) is 0.692. The third kappa shape index (κ3) is 4.74. The Hall–Kier alpha value is -2.09. The lowest BCUT2D eigenvalue weighted by molar-refractivity contribution is -0.137. The first-order chi connectivity index (χ1) is 13.8. The summed E-state index contributed by atoms with van der Waals surface area (Å²) in [5.74, 6) is -0.765. The van der Waals surface area contributed by atoms with Crippen molar-refractivity contribution in [2.45, 2.75) is 43.0 Å². The molecule has 0 spiro atoms. The molecule has 3 rings (SSSR count). The van der Waals surface area contributed by atoms with Gasteiger partial charge in [-0.25, -0.2) is 8.42 Å². The number of para-hydroxylation sites is 1. The van der Waals surface area contributed by atoms with Gasteiger partial charge in [0.1, 0.15) is 0 Å².